The SMILES string of the molecule is C=C=CCCCCCCc1c(-c2ccc(F)cc2)c(-c2ccccc2)c(/C(=C/C)N(C)Cc2ccccc2)n1C(C)C.CON. The van der Waals surface area contributed by atoms with Crippen molar-refractivity contribution in [3.05, 3.63) is 132 Å². The van der Waals surface area contributed by atoms with E-state index in [1.165, 1.54) is 52.9 Å². The molecule has 0 saturated heterocycles. The molecule has 0 bridgehead atoms. The zero-order valence-electron chi connectivity index (χ0n) is 27.7. The van der Waals surface area contributed by atoms with Crippen LogP contribution in [0.25, 0.3) is 28.0 Å². The van der Waals surface area contributed by atoms with Crippen LogP contribution in [0.4, 0.5) is 4.39 Å². The fourth-order valence-electron chi connectivity index (χ4n) is 5.99. The van der Waals surface area contributed by atoms with Crippen LogP contribution in [0.15, 0.2) is 109 Å². The number of halogens is 1. The zero-order valence-corrected chi connectivity index (χ0v) is 27.7. The highest BCUT2D eigenvalue weighted by molar-refractivity contribution is 5.93. The van der Waals surface area contributed by atoms with E-state index in [2.05, 4.69) is 127 Å². The van der Waals surface area contributed by atoms with Gasteiger partial charge < -0.3 is 14.3 Å². The van der Waals surface area contributed by atoms with E-state index in [1.807, 2.05) is 18.2 Å². The van der Waals surface area contributed by atoms with Crippen LogP contribution in [-0.4, -0.2) is 23.6 Å². The molecular weight excluding hydrogens is 557 g/mol. The topological polar surface area (TPSA) is 43.4 Å². The largest absolute Gasteiger partial charge is 0.369 e. The molecule has 0 aliphatic carbocycles. The summed E-state index contributed by atoms with van der Waals surface area (Å²) in [5, 5.41) is 0. The lowest BCUT2D eigenvalue weighted by Gasteiger charge is -2.27. The average molecular weight is 608 g/mol. The summed E-state index contributed by atoms with van der Waals surface area (Å²) in [5.41, 5.74) is 12.6. The van der Waals surface area contributed by atoms with Crippen LogP contribution in [0.1, 0.15) is 75.9 Å². The number of hydrogen-bond donors (Lipinski definition) is 1. The second kappa shape index (κ2) is 18.6. The molecular formula is C40H50FN3O. The van der Waals surface area contributed by atoms with Gasteiger partial charge in [0.25, 0.3) is 0 Å². The highest BCUT2D eigenvalue weighted by atomic mass is 19.1. The summed E-state index contributed by atoms with van der Waals surface area (Å²) in [6.45, 7) is 11.2. The van der Waals surface area contributed by atoms with Crippen molar-refractivity contribution in [2.75, 3.05) is 14.2 Å². The van der Waals surface area contributed by atoms with Crippen molar-refractivity contribution in [1.82, 2.24) is 9.47 Å². The number of nitrogens with two attached hydrogens (primary N) is 1. The van der Waals surface area contributed by atoms with Gasteiger partial charge in [-0.3, -0.25) is 0 Å². The number of aromatic nitrogens is 1. The van der Waals surface area contributed by atoms with Gasteiger partial charge in [0.1, 0.15) is 5.82 Å². The first-order valence-electron chi connectivity index (χ1n) is 15.9. The fraction of sp³-hybridized carbons (Fsp3) is 0.325. The van der Waals surface area contributed by atoms with Crippen molar-refractivity contribution in [1.29, 1.82) is 0 Å². The van der Waals surface area contributed by atoms with E-state index < -0.39 is 0 Å². The lowest BCUT2D eigenvalue weighted by atomic mass is 9.92. The third kappa shape index (κ3) is 9.67. The van der Waals surface area contributed by atoms with E-state index in [0.29, 0.717) is 0 Å². The Labute approximate surface area is 270 Å². The van der Waals surface area contributed by atoms with Gasteiger partial charge in [0.2, 0.25) is 0 Å². The first-order chi connectivity index (χ1) is 21.9. The van der Waals surface area contributed by atoms with Gasteiger partial charge >= 0.3 is 0 Å². The Morgan fingerprint density at radius 3 is 2.07 bits per heavy atom. The summed E-state index contributed by atoms with van der Waals surface area (Å²) in [6, 6.07) is 28.6. The van der Waals surface area contributed by atoms with Crippen LogP contribution in [0.2, 0.25) is 0 Å². The number of benzene rings is 3. The number of rotatable bonds is 14. The molecule has 0 atom stereocenters. The Kier molecular flexibility index (Phi) is 14.6. The molecule has 0 radical (unpaired) electrons. The Hall–Kier alpha value is -4.15. The summed E-state index contributed by atoms with van der Waals surface area (Å²) in [4.78, 5) is 6.11. The van der Waals surface area contributed by atoms with Crippen molar-refractivity contribution in [3.63, 3.8) is 0 Å². The minimum absolute atomic E-state index is 0.213. The predicted molar refractivity (Wildman–Crippen MR) is 189 cm³/mol. The standard InChI is InChI=1S/C39H45FN2.CH5NO/c1-6-8-9-10-11-12-19-24-36-37(33-25-27-34(40)28-26-33)38(32-22-17-14-18-23-32)39(42(36)30(3)4)35(7-2)41(5)29-31-20-15-13-16-21-31;1-3-2/h7-8,13-18,20-23,25-28,30H,1,9-12,19,24,29H2,2-5H3;2H2,1H3/b35-7-;. The number of unbranched alkanes of at least 4 members (excludes halogenated alkanes) is 4. The predicted octanol–water partition coefficient (Wildman–Crippen LogP) is 10.4. The third-order valence-corrected chi connectivity index (χ3v) is 7.87. The number of hydrogen-bond acceptors (Lipinski definition) is 3. The Morgan fingerprint density at radius 1 is 0.911 bits per heavy atom. The third-order valence-electron chi connectivity index (χ3n) is 7.87. The maximum absolute atomic E-state index is 14.2. The van der Waals surface area contributed by atoms with Crippen LogP contribution in [0, 0.1) is 5.82 Å². The Bertz CT molecular complexity index is 1520. The normalized spacial score (nSPS) is 11.2. The first kappa shape index (κ1) is 35.3. The number of allylic oxidation sites excluding steroid dienone is 2. The summed E-state index contributed by atoms with van der Waals surface area (Å²) in [7, 11) is 3.59. The highest BCUT2D eigenvalue weighted by Gasteiger charge is 2.29. The maximum atomic E-state index is 14.2. The van der Waals surface area contributed by atoms with Gasteiger partial charge in [-0.15, -0.1) is 5.73 Å². The van der Waals surface area contributed by atoms with Crippen LogP contribution in [-0.2, 0) is 17.8 Å². The molecule has 2 N–H and O–H groups in total. The maximum Gasteiger partial charge on any atom is 0.123 e. The molecule has 0 fully saturated rings. The summed E-state index contributed by atoms with van der Waals surface area (Å²) in [6.07, 6.45) is 10.9. The molecule has 4 rings (SSSR count). The van der Waals surface area contributed by atoms with Crippen LogP contribution in [0.3, 0.4) is 0 Å². The minimum atomic E-state index is -0.213. The molecule has 1 heterocycles. The molecule has 0 aliphatic heterocycles. The van der Waals surface area contributed by atoms with Crippen molar-refractivity contribution in [2.45, 2.75) is 71.9 Å². The summed E-state index contributed by atoms with van der Waals surface area (Å²) >= 11 is 0. The monoisotopic (exact) mass is 607 g/mol. The van der Waals surface area contributed by atoms with Gasteiger partial charge in [-0.2, -0.15) is 0 Å². The lowest BCUT2D eigenvalue weighted by molar-refractivity contribution is 0.206. The molecule has 5 heteroatoms. The average Bonchev–Trinajstić information content (AvgIpc) is 3.37. The molecule has 1 aromatic heterocycles. The van der Waals surface area contributed by atoms with Gasteiger partial charge in [-0.05, 0) is 81.4 Å². The molecule has 4 aromatic rings. The molecule has 4 nitrogen and oxygen atoms in total. The Balaban J connectivity index is 0.00000177. The first-order valence-corrected chi connectivity index (χ1v) is 15.9. The van der Waals surface area contributed by atoms with Crippen molar-refractivity contribution in [3.8, 4) is 22.3 Å². The van der Waals surface area contributed by atoms with E-state index in [1.54, 1.807) is 12.1 Å². The molecule has 0 saturated carbocycles. The van der Waals surface area contributed by atoms with E-state index in [-0.39, 0.29) is 11.9 Å². The smallest absolute Gasteiger partial charge is 0.123 e. The minimum Gasteiger partial charge on any atom is -0.369 e. The van der Waals surface area contributed by atoms with Gasteiger partial charge in [-0.1, -0.05) is 98.3 Å². The van der Waals surface area contributed by atoms with E-state index in [0.717, 1.165) is 44.2 Å². The summed E-state index contributed by atoms with van der Waals surface area (Å²) < 4.78 is 16.7. The molecule has 0 spiro atoms. The zero-order chi connectivity index (χ0) is 32.6. The number of nitrogens with zero attached hydrogens (tertiary/aromatic N) is 2. The van der Waals surface area contributed by atoms with Gasteiger partial charge in [-0.25, -0.2) is 10.3 Å². The molecule has 3 aromatic carbocycles. The molecule has 0 unspecified atom stereocenters. The fourth-order valence-corrected chi connectivity index (χ4v) is 5.99. The van der Waals surface area contributed by atoms with Gasteiger partial charge in [0.05, 0.1) is 18.5 Å². The molecule has 0 amide bonds. The molecule has 238 valence electrons. The van der Waals surface area contributed by atoms with Crippen LogP contribution in [0.5, 0.6) is 0 Å². The molecule has 45 heavy (non-hydrogen) atoms. The van der Waals surface area contributed by atoms with E-state index in [4.69, 9.17) is 0 Å². The van der Waals surface area contributed by atoms with E-state index in [9.17, 15) is 4.39 Å². The van der Waals surface area contributed by atoms with Crippen molar-refractivity contribution in [2.24, 2.45) is 5.90 Å². The highest BCUT2D eigenvalue weighted by Crippen LogP contribution is 2.45. The molecule has 0 aliphatic rings. The second-order valence-corrected chi connectivity index (χ2v) is 11.5. The summed E-state index contributed by atoms with van der Waals surface area (Å²) in [5.74, 6) is 4.13. The second-order valence-electron chi connectivity index (χ2n) is 11.5. The lowest BCUT2D eigenvalue weighted by Crippen LogP contribution is -2.20. The van der Waals surface area contributed by atoms with Crippen molar-refractivity contribution < 1.29 is 9.23 Å². The quantitative estimate of drug-likeness (QED) is 0.0881. The van der Waals surface area contributed by atoms with Crippen molar-refractivity contribution >= 4 is 5.70 Å². The van der Waals surface area contributed by atoms with Gasteiger partial charge in [0, 0.05) is 36.5 Å². The van der Waals surface area contributed by atoms with Gasteiger partial charge in [0.15, 0.2) is 0 Å². The Morgan fingerprint density at radius 2 is 1.49 bits per heavy atom. The van der Waals surface area contributed by atoms with Crippen LogP contribution < -0.4 is 5.90 Å². The van der Waals surface area contributed by atoms with E-state index >= 15 is 0 Å². The van der Waals surface area contributed by atoms with Crippen LogP contribution >= 0.6 is 0 Å².